The SMILES string of the molecule is O=C(CCN1C(=O)/C(=C/c2ccc3c(c2)OCO3)SC1=S)Nc1ccccc1Cl. The number of halogens is 1. The number of carbonyl (C=O) groups is 2. The number of rotatable bonds is 5. The highest BCUT2D eigenvalue weighted by Crippen LogP contribution is 2.36. The fraction of sp³-hybridized carbons (Fsp3) is 0.150. The molecular formula is C20H15ClN2O4S2. The van der Waals surface area contributed by atoms with E-state index < -0.39 is 0 Å². The van der Waals surface area contributed by atoms with Crippen LogP contribution in [0.1, 0.15) is 12.0 Å². The zero-order chi connectivity index (χ0) is 20.4. The predicted octanol–water partition coefficient (Wildman–Crippen LogP) is 4.30. The minimum absolute atomic E-state index is 0.106. The molecular weight excluding hydrogens is 432 g/mol. The molecule has 0 aliphatic carbocycles. The number of nitrogens with one attached hydrogen (secondary N) is 1. The normalized spacial score (nSPS) is 16.6. The third-order valence-corrected chi connectivity index (χ3v) is 5.99. The smallest absolute Gasteiger partial charge is 0.266 e. The van der Waals surface area contributed by atoms with Gasteiger partial charge in [0.1, 0.15) is 4.32 Å². The molecule has 2 aliphatic heterocycles. The van der Waals surface area contributed by atoms with Crippen LogP contribution in [0.3, 0.4) is 0 Å². The lowest BCUT2D eigenvalue weighted by Crippen LogP contribution is -2.31. The Labute approximate surface area is 181 Å². The van der Waals surface area contributed by atoms with Crippen molar-refractivity contribution in [3.05, 3.63) is 58.0 Å². The summed E-state index contributed by atoms with van der Waals surface area (Å²) in [6, 6.07) is 12.4. The summed E-state index contributed by atoms with van der Waals surface area (Å²) in [6.07, 6.45) is 1.86. The van der Waals surface area contributed by atoms with Crippen molar-refractivity contribution in [2.24, 2.45) is 0 Å². The summed E-state index contributed by atoms with van der Waals surface area (Å²) in [7, 11) is 0. The van der Waals surface area contributed by atoms with Crippen molar-refractivity contribution >= 4 is 63.5 Å². The molecule has 2 amide bonds. The molecule has 1 fully saturated rings. The summed E-state index contributed by atoms with van der Waals surface area (Å²) in [6.45, 7) is 0.386. The van der Waals surface area contributed by atoms with Crippen molar-refractivity contribution < 1.29 is 19.1 Å². The molecule has 1 saturated heterocycles. The number of thioether (sulfide) groups is 1. The number of carbonyl (C=O) groups excluding carboxylic acids is 2. The van der Waals surface area contributed by atoms with Gasteiger partial charge in [-0.15, -0.1) is 0 Å². The third kappa shape index (κ3) is 4.39. The van der Waals surface area contributed by atoms with E-state index in [1.807, 2.05) is 12.1 Å². The van der Waals surface area contributed by atoms with Gasteiger partial charge in [-0.2, -0.15) is 0 Å². The van der Waals surface area contributed by atoms with Gasteiger partial charge in [0.2, 0.25) is 12.7 Å². The van der Waals surface area contributed by atoms with Crippen molar-refractivity contribution in [3.63, 3.8) is 0 Å². The van der Waals surface area contributed by atoms with Crippen molar-refractivity contribution in [1.82, 2.24) is 4.90 Å². The molecule has 2 aromatic rings. The maximum Gasteiger partial charge on any atom is 0.266 e. The Morgan fingerprint density at radius 3 is 2.86 bits per heavy atom. The van der Waals surface area contributed by atoms with Crippen molar-refractivity contribution in [3.8, 4) is 11.5 Å². The van der Waals surface area contributed by atoms with Crippen LogP contribution >= 0.6 is 35.6 Å². The van der Waals surface area contributed by atoms with E-state index in [9.17, 15) is 9.59 Å². The minimum atomic E-state index is -0.244. The topological polar surface area (TPSA) is 67.9 Å². The maximum atomic E-state index is 12.7. The molecule has 0 aromatic heterocycles. The number of hydrogen-bond acceptors (Lipinski definition) is 6. The van der Waals surface area contributed by atoms with E-state index in [4.69, 9.17) is 33.3 Å². The largest absolute Gasteiger partial charge is 0.454 e. The first-order chi connectivity index (χ1) is 14.0. The fourth-order valence-corrected chi connectivity index (χ4v) is 4.33. The summed E-state index contributed by atoms with van der Waals surface area (Å²) in [5.74, 6) is 0.861. The van der Waals surface area contributed by atoms with Crippen molar-refractivity contribution in [2.75, 3.05) is 18.7 Å². The average molecular weight is 447 g/mol. The summed E-state index contributed by atoms with van der Waals surface area (Å²) in [5, 5.41) is 3.20. The van der Waals surface area contributed by atoms with Gasteiger partial charge < -0.3 is 14.8 Å². The van der Waals surface area contributed by atoms with Crippen LogP contribution in [-0.4, -0.2) is 34.4 Å². The second-order valence-electron chi connectivity index (χ2n) is 6.22. The lowest BCUT2D eigenvalue weighted by Gasteiger charge is -2.14. The standard InChI is InChI=1S/C20H15ClN2O4S2/c21-13-3-1-2-4-14(13)22-18(24)7-8-23-19(25)17(29-20(23)28)10-12-5-6-15-16(9-12)27-11-26-15/h1-6,9-10H,7-8,11H2,(H,22,24)/b17-10-. The molecule has 0 radical (unpaired) electrons. The Bertz CT molecular complexity index is 1040. The zero-order valence-electron chi connectivity index (χ0n) is 15.0. The molecule has 29 heavy (non-hydrogen) atoms. The van der Waals surface area contributed by atoms with Crippen LogP contribution in [-0.2, 0) is 9.59 Å². The Morgan fingerprint density at radius 2 is 2.03 bits per heavy atom. The molecule has 2 aromatic carbocycles. The first-order valence-electron chi connectivity index (χ1n) is 8.70. The van der Waals surface area contributed by atoms with Gasteiger partial charge in [0.05, 0.1) is 15.6 Å². The number of nitrogens with zero attached hydrogens (tertiary/aromatic N) is 1. The first kappa shape index (κ1) is 19.8. The van der Waals surface area contributed by atoms with E-state index >= 15 is 0 Å². The molecule has 148 valence electrons. The molecule has 0 atom stereocenters. The molecule has 1 N–H and O–H groups in total. The van der Waals surface area contributed by atoms with Gasteiger partial charge in [0, 0.05) is 13.0 Å². The molecule has 0 unspecified atom stereocenters. The quantitative estimate of drug-likeness (QED) is 0.545. The Morgan fingerprint density at radius 1 is 1.24 bits per heavy atom. The van der Waals surface area contributed by atoms with Crippen LogP contribution in [0.25, 0.3) is 6.08 Å². The molecule has 9 heteroatoms. The number of thiocarbonyl (C=S) groups is 1. The molecule has 2 heterocycles. The van der Waals surface area contributed by atoms with Crippen LogP contribution in [0.5, 0.6) is 11.5 Å². The van der Waals surface area contributed by atoms with Gasteiger partial charge in [0.25, 0.3) is 5.91 Å². The molecule has 4 rings (SSSR count). The summed E-state index contributed by atoms with van der Waals surface area (Å²) in [4.78, 5) is 26.9. The van der Waals surface area contributed by atoms with E-state index in [1.165, 1.54) is 16.7 Å². The number of fused-ring (bicyclic) bond motifs is 1. The number of para-hydroxylation sites is 1. The molecule has 2 aliphatic rings. The molecule has 0 spiro atoms. The van der Waals surface area contributed by atoms with E-state index in [-0.39, 0.29) is 31.6 Å². The summed E-state index contributed by atoms with van der Waals surface area (Å²) in [5.41, 5.74) is 1.35. The molecule has 6 nitrogen and oxygen atoms in total. The lowest BCUT2D eigenvalue weighted by atomic mass is 10.2. The van der Waals surface area contributed by atoms with Crippen LogP contribution in [0.2, 0.25) is 5.02 Å². The Hall–Kier alpha value is -2.55. The van der Waals surface area contributed by atoms with Gasteiger partial charge in [-0.1, -0.05) is 53.8 Å². The van der Waals surface area contributed by atoms with Gasteiger partial charge >= 0.3 is 0 Å². The van der Waals surface area contributed by atoms with E-state index in [1.54, 1.807) is 36.4 Å². The number of benzene rings is 2. The second kappa shape index (κ2) is 8.44. The lowest BCUT2D eigenvalue weighted by molar-refractivity contribution is -0.122. The monoisotopic (exact) mass is 446 g/mol. The second-order valence-corrected chi connectivity index (χ2v) is 8.31. The van der Waals surface area contributed by atoms with Crippen molar-refractivity contribution in [2.45, 2.75) is 6.42 Å². The van der Waals surface area contributed by atoms with Crippen LogP contribution < -0.4 is 14.8 Å². The maximum absolute atomic E-state index is 12.7. The average Bonchev–Trinajstić information content (AvgIpc) is 3.26. The molecule has 0 bridgehead atoms. The Balaban J connectivity index is 1.39. The molecule has 0 saturated carbocycles. The third-order valence-electron chi connectivity index (χ3n) is 4.28. The highest BCUT2D eigenvalue weighted by molar-refractivity contribution is 8.26. The summed E-state index contributed by atoms with van der Waals surface area (Å²) < 4.78 is 11.1. The highest BCUT2D eigenvalue weighted by Gasteiger charge is 2.32. The van der Waals surface area contributed by atoms with Gasteiger partial charge in [-0.05, 0) is 35.9 Å². The van der Waals surface area contributed by atoms with Crippen molar-refractivity contribution in [1.29, 1.82) is 0 Å². The fourth-order valence-electron chi connectivity index (χ4n) is 2.84. The number of ether oxygens (including phenoxy) is 2. The number of amides is 2. The van der Waals surface area contributed by atoms with Crippen LogP contribution in [0, 0.1) is 0 Å². The van der Waals surface area contributed by atoms with Crippen LogP contribution in [0.15, 0.2) is 47.4 Å². The minimum Gasteiger partial charge on any atom is -0.454 e. The highest BCUT2D eigenvalue weighted by atomic mass is 35.5. The zero-order valence-corrected chi connectivity index (χ0v) is 17.4. The Kier molecular flexibility index (Phi) is 5.75. The van der Waals surface area contributed by atoms with E-state index in [2.05, 4.69) is 5.32 Å². The van der Waals surface area contributed by atoms with E-state index in [0.717, 1.165) is 5.56 Å². The number of hydrogen-bond donors (Lipinski definition) is 1. The van der Waals surface area contributed by atoms with Gasteiger partial charge in [0.15, 0.2) is 11.5 Å². The number of anilines is 1. The van der Waals surface area contributed by atoms with Gasteiger partial charge in [-0.25, -0.2) is 0 Å². The summed E-state index contributed by atoms with van der Waals surface area (Å²) >= 11 is 12.6. The van der Waals surface area contributed by atoms with Gasteiger partial charge in [-0.3, -0.25) is 14.5 Å². The van der Waals surface area contributed by atoms with E-state index in [0.29, 0.717) is 31.4 Å². The first-order valence-corrected chi connectivity index (χ1v) is 10.3. The van der Waals surface area contributed by atoms with Crippen LogP contribution in [0.4, 0.5) is 5.69 Å². The predicted molar refractivity (Wildman–Crippen MR) is 117 cm³/mol.